The van der Waals surface area contributed by atoms with E-state index in [4.69, 9.17) is 0 Å². The molecule has 0 bridgehead atoms. The van der Waals surface area contributed by atoms with Gasteiger partial charge in [0.25, 0.3) is 5.69 Å². The zero-order valence-corrected chi connectivity index (χ0v) is 15.6. The van der Waals surface area contributed by atoms with E-state index in [-0.39, 0.29) is 35.4 Å². The van der Waals surface area contributed by atoms with Gasteiger partial charge in [-0.2, -0.15) is 4.31 Å². The minimum Gasteiger partial charge on any atom is -0.354 e. The van der Waals surface area contributed by atoms with Crippen LogP contribution in [0.15, 0.2) is 29.2 Å². The van der Waals surface area contributed by atoms with E-state index in [9.17, 15) is 23.3 Å². The molecule has 11 heteroatoms. The highest BCUT2D eigenvalue weighted by molar-refractivity contribution is 7.89. The molecule has 1 atom stereocenters. The summed E-state index contributed by atoms with van der Waals surface area (Å²) < 4.78 is 26.8. The third-order valence-electron chi connectivity index (χ3n) is 4.57. The predicted octanol–water partition coefficient (Wildman–Crippen LogP) is 0.505. The third kappa shape index (κ3) is 4.14. The number of benzene rings is 1. The number of nitrogens with one attached hydrogen (secondary N) is 2. The number of nitrogens with zero attached hydrogens (tertiary/aromatic N) is 2. The average molecular weight is 405 g/mol. The summed E-state index contributed by atoms with van der Waals surface area (Å²) in [5.41, 5.74) is -0.293. The molecule has 2 fully saturated rings. The predicted molar refractivity (Wildman–Crippen MR) is 96.6 cm³/mol. The Morgan fingerprint density at radius 1 is 1.38 bits per heavy atom. The van der Waals surface area contributed by atoms with Gasteiger partial charge in [0, 0.05) is 44.2 Å². The average Bonchev–Trinajstić information content (AvgIpc) is 3.04. The molecule has 2 N–H and O–H groups in total. The normalized spacial score (nSPS) is 20.8. The largest absolute Gasteiger partial charge is 0.354 e. The quantitative estimate of drug-likeness (QED) is 0.526. The van der Waals surface area contributed by atoms with Gasteiger partial charge < -0.3 is 10.6 Å². The van der Waals surface area contributed by atoms with Crippen molar-refractivity contribution in [3.63, 3.8) is 0 Å². The number of rotatable bonds is 6. The van der Waals surface area contributed by atoms with Gasteiger partial charge in [-0.15, -0.1) is 12.4 Å². The number of hydrogen-bond donors (Lipinski definition) is 2. The summed E-state index contributed by atoms with van der Waals surface area (Å²) in [4.78, 5) is 22.5. The van der Waals surface area contributed by atoms with Crippen LogP contribution in [0, 0.1) is 16.0 Å². The van der Waals surface area contributed by atoms with Crippen molar-refractivity contribution in [1.29, 1.82) is 0 Å². The van der Waals surface area contributed by atoms with Crippen LogP contribution in [-0.4, -0.2) is 55.8 Å². The maximum Gasteiger partial charge on any atom is 0.270 e. The molecule has 2 saturated heterocycles. The zero-order chi connectivity index (χ0) is 18.0. The molecule has 0 aromatic heterocycles. The Bertz CT molecular complexity index is 784. The van der Waals surface area contributed by atoms with E-state index in [1.165, 1.54) is 18.2 Å². The van der Waals surface area contributed by atoms with Crippen LogP contribution >= 0.6 is 12.4 Å². The molecule has 2 heterocycles. The molecule has 144 valence electrons. The molecule has 1 aromatic rings. The van der Waals surface area contributed by atoms with E-state index in [1.807, 2.05) is 0 Å². The Morgan fingerprint density at radius 3 is 2.73 bits per heavy atom. The van der Waals surface area contributed by atoms with E-state index in [0.29, 0.717) is 25.3 Å². The highest BCUT2D eigenvalue weighted by Gasteiger charge is 2.40. The Morgan fingerprint density at radius 2 is 2.12 bits per heavy atom. The minimum atomic E-state index is -3.96. The fourth-order valence-corrected chi connectivity index (χ4v) is 4.73. The van der Waals surface area contributed by atoms with Gasteiger partial charge in [-0.1, -0.05) is 6.07 Å². The van der Waals surface area contributed by atoms with Crippen LogP contribution in [0.2, 0.25) is 0 Å². The fourth-order valence-electron chi connectivity index (χ4n) is 3.04. The van der Waals surface area contributed by atoms with Gasteiger partial charge >= 0.3 is 0 Å². The van der Waals surface area contributed by atoms with Gasteiger partial charge in [-0.3, -0.25) is 14.9 Å². The lowest BCUT2D eigenvalue weighted by atomic mass is 10.0. The first-order valence-corrected chi connectivity index (χ1v) is 9.58. The zero-order valence-electron chi connectivity index (χ0n) is 14.0. The molecule has 1 aromatic carbocycles. The Hall–Kier alpha value is -1.75. The summed E-state index contributed by atoms with van der Waals surface area (Å²) >= 11 is 0. The van der Waals surface area contributed by atoms with Crippen LogP contribution in [0.5, 0.6) is 0 Å². The summed E-state index contributed by atoms with van der Waals surface area (Å²) in [5.74, 6) is 0.0746. The number of nitro benzene ring substituents is 1. The summed E-state index contributed by atoms with van der Waals surface area (Å²) in [6.07, 6.45) is 1.03. The van der Waals surface area contributed by atoms with Crippen LogP contribution in [-0.2, 0) is 14.8 Å². The van der Waals surface area contributed by atoms with E-state index < -0.39 is 21.0 Å². The van der Waals surface area contributed by atoms with Crippen molar-refractivity contribution in [2.24, 2.45) is 5.92 Å². The first kappa shape index (κ1) is 20.6. The van der Waals surface area contributed by atoms with Gasteiger partial charge in [0.15, 0.2) is 0 Å². The lowest BCUT2D eigenvalue weighted by Gasteiger charge is -2.29. The molecule has 2 aliphatic heterocycles. The highest BCUT2D eigenvalue weighted by atomic mass is 35.5. The van der Waals surface area contributed by atoms with Gasteiger partial charge in [0.2, 0.25) is 15.9 Å². The Labute approximate surface area is 157 Å². The first-order chi connectivity index (χ1) is 11.9. The van der Waals surface area contributed by atoms with Crippen molar-refractivity contribution >= 4 is 34.0 Å². The van der Waals surface area contributed by atoms with Gasteiger partial charge in [0.05, 0.1) is 9.82 Å². The monoisotopic (exact) mass is 404 g/mol. The number of amides is 1. The summed E-state index contributed by atoms with van der Waals surface area (Å²) in [7, 11) is -3.96. The molecule has 1 unspecified atom stereocenters. The van der Waals surface area contributed by atoms with Crippen molar-refractivity contribution < 1.29 is 18.1 Å². The molecule has 1 amide bonds. The molecule has 0 saturated carbocycles. The molecule has 2 aliphatic rings. The molecule has 3 rings (SSSR count). The van der Waals surface area contributed by atoms with E-state index in [0.717, 1.165) is 23.5 Å². The standard InChI is InChI=1S/C15H20N4O5S.ClH/c20-15(17-10-11-8-16-9-11)14-5-2-6-18(14)25(23,24)13-4-1-3-12(7-13)19(21)22;/h1,3-4,7,11,14,16H,2,5-6,8-10H2,(H,17,20);1H. The second-order valence-corrected chi connectivity index (χ2v) is 8.19. The van der Waals surface area contributed by atoms with Crippen molar-refractivity contribution in [2.75, 3.05) is 26.2 Å². The van der Waals surface area contributed by atoms with Crippen molar-refractivity contribution in [2.45, 2.75) is 23.8 Å². The van der Waals surface area contributed by atoms with Crippen LogP contribution in [0.25, 0.3) is 0 Å². The van der Waals surface area contributed by atoms with E-state index >= 15 is 0 Å². The van der Waals surface area contributed by atoms with Crippen LogP contribution in [0.1, 0.15) is 12.8 Å². The summed E-state index contributed by atoms with van der Waals surface area (Å²) in [6.45, 7) is 2.45. The third-order valence-corrected chi connectivity index (χ3v) is 6.48. The number of hydrogen-bond acceptors (Lipinski definition) is 6. The topological polar surface area (TPSA) is 122 Å². The maximum absolute atomic E-state index is 12.8. The lowest BCUT2D eigenvalue weighted by molar-refractivity contribution is -0.385. The molecule has 0 aliphatic carbocycles. The second-order valence-electron chi connectivity index (χ2n) is 6.30. The highest BCUT2D eigenvalue weighted by Crippen LogP contribution is 2.28. The number of carbonyl (C=O) groups is 1. The van der Waals surface area contributed by atoms with Gasteiger partial charge in [0.1, 0.15) is 6.04 Å². The molecular weight excluding hydrogens is 384 g/mol. The van der Waals surface area contributed by atoms with Gasteiger partial charge in [-0.05, 0) is 18.9 Å². The number of nitro groups is 1. The van der Waals surface area contributed by atoms with Crippen molar-refractivity contribution in [3.05, 3.63) is 34.4 Å². The molecule has 0 spiro atoms. The number of sulfonamides is 1. The number of carbonyl (C=O) groups excluding carboxylic acids is 1. The smallest absolute Gasteiger partial charge is 0.270 e. The van der Waals surface area contributed by atoms with Crippen LogP contribution in [0.4, 0.5) is 5.69 Å². The van der Waals surface area contributed by atoms with Crippen LogP contribution in [0.3, 0.4) is 0 Å². The number of non-ortho nitro benzene ring substituents is 1. The fraction of sp³-hybridized carbons (Fsp3) is 0.533. The lowest BCUT2D eigenvalue weighted by Crippen LogP contribution is -2.51. The minimum absolute atomic E-state index is 0. The van der Waals surface area contributed by atoms with Gasteiger partial charge in [-0.25, -0.2) is 8.42 Å². The molecule has 26 heavy (non-hydrogen) atoms. The van der Waals surface area contributed by atoms with Crippen LogP contribution < -0.4 is 10.6 Å². The summed E-state index contributed by atoms with van der Waals surface area (Å²) in [5, 5.41) is 16.8. The SMILES string of the molecule is Cl.O=C(NCC1CNC1)C1CCCN1S(=O)(=O)c1cccc([N+](=O)[O-])c1. The van der Waals surface area contributed by atoms with Crippen molar-refractivity contribution in [1.82, 2.24) is 14.9 Å². The van der Waals surface area contributed by atoms with E-state index in [1.54, 1.807) is 0 Å². The molecule has 0 radical (unpaired) electrons. The Kier molecular flexibility index (Phi) is 6.56. The van der Waals surface area contributed by atoms with E-state index in [2.05, 4.69) is 10.6 Å². The first-order valence-electron chi connectivity index (χ1n) is 8.14. The van der Waals surface area contributed by atoms with Crippen molar-refractivity contribution in [3.8, 4) is 0 Å². The number of halogens is 1. The molecule has 9 nitrogen and oxygen atoms in total. The summed E-state index contributed by atoms with van der Waals surface area (Å²) in [6, 6.07) is 4.15. The molecular formula is C15H21ClN4O5S. The Balaban J connectivity index is 0.00000243. The second kappa shape index (κ2) is 8.30. The maximum atomic E-state index is 12.8.